The SMILES string of the molecule is CC(NC(=O)C(N)CCC(=O)O)C(=O)NC(Cc1cnc[nH]1)C(=O)NC(CO)C(=O)O. The number of aliphatic hydroxyl groups is 1. The lowest BCUT2D eigenvalue weighted by atomic mass is 10.1. The number of imidazole rings is 1. The Morgan fingerprint density at radius 3 is 2.23 bits per heavy atom. The number of aromatic amines is 1. The minimum absolute atomic E-state index is 0.0753. The van der Waals surface area contributed by atoms with Gasteiger partial charge in [-0.15, -0.1) is 0 Å². The second-order valence-corrected chi connectivity index (χ2v) is 6.69. The van der Waals surface area contributed by atoms with Gasteiger partial charge in [-0.1, -0.05) is 0 Å². The van der Waals surface area contributed by atoms with Crippen LogP contribution in [0.1, 0.15) is 25.5 Å². The van der Waals surface area contributed by atoms with E-state index >= 15 is 0 Å². The van der Waals surface area contributed by atoms with E-state index in [1.54, 1.807) is 0 Å². The minimum Gasteiger partial charge on any atom is -0.481 e. The predicted octanol–water partition coefficient (Wildman–Crippen LogP) is -3.30. The number of nitrogens with one attached hydrogen (secondary N) is 4. The lowest BCUT2D eigenvalue weighted by Crippen LogP contribution is -2.57. The van der Waals surface area contributed by atoms with Crippen molar-refractivity contribution in [2.45, 2.75) is 50.4 Å². The van der Waals surface area contributed by atoms with Crippen molar-refractivity contribution in [3.8, 4) is 0 Å². The van der Waals surface area contributed by atoms with E-state index in [1.807, 2.05) is 0 Å². The second-order valence-electron chi connectivity index (χ2n) is 6.69. The van der Waals surface area contributed by atoms with Crippen molar-refractivity contribution < 1.29 is 39.3 Å². The van der Waals surface area contributed by atoms with E-state index in [9.17, 15) is 24.0 Å². The minimum atomic E-state index is -1.57. The third kappa shape index (κ3) is 8.79. The summed E-state index contributed by atoms with van der Waals surface area (Å²) in [6.45, 7) is 0.475. The molecule has 0 saturated carbocycles. The normalized spacial score (nSPS) is 14.5. The highest BCUT2D eigenvalue weighted by molar-refractivity contribution is 5.94. The Morgan fingerprint density at radius 2 is 1.71 bits per heavy atom. The number of aromatic nitrogens is 2. The van der Waals surface area contributed by atoms with E-state index in [2.05, 4.69) is 25.9 Å². The highest BCUT2D eigenvalue weighted by atomic mass is 16.4. The van der Waals surface area contributed by atoms with Crippen molar-refractivity contribution in [3.05, 3.63) is 18.2 Å². The summed E-state index contributed by atoms with van der Waals surface area (Å²) in [6.07, 6.45) is 2.23. The third-order valence-corrected chi connectivity index (χ3v) is 4.17. The van der Waals surface area contributed by atoms with Gasteiger partial charge in [-0.25, -0.2) is 9.78 Å². The molecule has 0 fully saturated rings. The molecular weight excluding hydrogens is 416 g/mol. The first-order valence-electron chi connectivity index (χ1n) is 9.24. The Morgan fingerprint density at radius 1 is 1.06 bits per heavy atom. The topological polar surface area (TPSA) is 237 Å². The summed E-state index contributed by atoms with van der Waals surface area (Å²) in [4.78, 5) is 65.1. The van der Waals surface area contributed by atoms with Gasteiger partial charge in [0.1, 0.15) is 18.1 Å². The molecule has 172 valence electrons. The predicted molar refractivity (Wildman–Crippen MR) is 103 cm³/mol. The fourth-order valence-electron chi connectivity index (χ4n) is 2.38. The van der Waals surface area contributed by atoms with Crippen molar-refractivity contribution in [2.75, 3.05) is 6.61 Å². The number of nitrogens with zero attached hydrogens (tertiary/aromatic N) is 1. The van der Waals surface area contributed by atoms with Crippen LogP contribution in [0, 0.1) is 0 Å². The number of carbonyl (C=O) groups is 5. The molecule has 0 bridgehead atoms. The number of aliphatic hydroxyl groups excluding tert-OH is 1. The van der Waals surface area contributed by atoms with Crippen LogP contribution in [0.15, 0.2) is 12.5 Å². The Bertz CT molecular complexity index is 784. The quantitative estimate of drug-likeness (QED) is 0.151. The fourth-order valence-corrected chi connectivity index (χ4v) is 2.38. The zero-order chi connectivity index (χ0) is 23.6. The molecule has 1 aromatic rings. The monoisotopic (exact) mass is 442 g/mol. The van der Waals surface area contributed by atoms with Gasteiger partial charge in [0.15, 0.2) is 0 Å². The van der Waals surface area contributed by atoms with E-state index < -0.39 is 60.4 Å². The number of H-pyrrole nitrogens is 1. The molecule has 14 nitrogen and oxygen atoms in total. The molecule has 1 aromatic heterocycles. The summed E-state index contributed by atoms with van der Waals surface area (Å²) >= 11 is 0. The first-order valence-corrected chi connectivity index (χ1v) is 9.24. The van der Waals surface area contributed by atoms with Crippen LogP contribution in [-0.2, 0) is 30.4 Å². The van der Waals surface area contributed by atoms with Crippen LogP contribution in [0.4, 0.5) is 0 Å². The molecule has 0 saturated heterocycles. The number of hydrogen-bond donors (Lipinski definition) is 8. The molecule has 0 aliphatic heterocycles. The van der Waals surface area contributed by atoms with E-state index in [4.69, 9.17) is 21.1 Å². The number of amides is 3. The third-order valence-electron chi connectivity index (χ3n) is 4.17. The average Bonchev–Trinajstić information content (AvgIpc) is 3.21. The molecule has 3 amide bonds. The van der Waals surface area contributed by atoms with Crippen molar-refractivity contribution in [1.29, 1.82) is 0 Å². The maximum absolute atomic E-state index is 12.5. The maximum Gasteiger partial charge on any atom is 0.328 e. The molecule has 4 atom stereocenters. The Hall–Kier alpha value is -3.52. The zero-order valence-corrected chi connectivity index (χ0v) is 16.7. The molecule has 1 heterocycles. The first-order chi connectivity index (χ1) is 14.5. The molecule has 14 heteroatoms. The first kappa shape index (κ1) is 25.5. The van der Waals surface area contributed by atoms with Gasteiger partial charge < -0.3 is 42.0 Å². The molecule has 0 spiro atoms. The summed E-state index contributed by atoms with van der Waals surface area (Å²) in [7, 11) is 0. The van der Waals surface area contributed by atoms with E-state index in [1.165, 1.54) is 19.4 Å². The summed E-state index contributed by atoms with van der Waals surface area (Å²) in [6, 6.07) is -5.09. The number of carbonyl (C=O) groups excluding carboxylic acids is 3. The van der Waals surface area contributed by atoms with Gasteiger partial charge in [0, 0.05) is 24.7 Å². The molecule has 9 N–H and O–H groups in total. The van der Waals surface area contributed by atoms with Crippen molar-refractivity contribution in [2.24, 2.45) is 5.73 Å². The van der Waals surface area contributed by atoms with Crippen LogP contribution in [0.3, 0.4) is 0 Å². The fraction of sp³-hybridized carbons (Fsp3) is 0.529. The summed E-state index contributed by atoms with van der Waals surface area (Å²) in [5.41, 5.74) is 6.05. The molecule has 0 aliphatic rings. The standard InChI is InChI=1S/C17H26N6O8/c1-8(21-15(28)10(18)2-3-13(25)26)14(27)22-11(4-9-5-19-7-20-9)16(29)23-12(6-24)17(30)31/h5,7-8,10-12,24H,2-4,6,18H2,1H3,(H,19,20)(H,21,28)(H,22,27)(H,23,29)(H,25,26)(H,30,31). The molecule has 1 rings (SSSR count). The van der Waals surface area contributed by atoms with Crippen LogP contribution in [0.2, 0.25) is 0 Å². The van der Waals surface area contributed by atoms with Gasteiger partial charge in [0.05, 0.1) is 19.0 Å². The number of hydrogen-bond acceptors (Lipinski definition) is 8. The summed E-state index contributed by atoms with van der Waals surface area (Å²) in [5, 5.41) is 33.5. The van der Waals surface area contributed by atoms with Gasteiger partial charge in [-0.05, 0) is 13.3 Å². The lowest BCUT2D eigenvalue weighted by molar-refractivity contribution is -0.143. The van der Waals surface area contributed by atoms with E-state index in [0.717, 1.165) is 0 Å². The van der Waals surface area contributed by atoms with Crippen LogP contribution in [0.5, 0.6) is 0 Å². The second kappa shape index (κ2) is 12.2. The van der Waals surface area contributed by atoms with Crippen LogP contribution in [-0.4, -0.2) is 85.7 Å². The number of carboxylic acids is 2. The highest BCUT2D eigenvalue weighted by Crippen LogP contribution is 2.02. The molecule has 31 heavy (non-hydrogen) atoms. The van der Waals surface area contributed by atoms with Gasteiger partial charge in [-0.2, -0.15) is 0 Å². The van der Waals surface area contributed by atoms with E-state index in [0.29, 0.717) is 5.69 Å². The smallest absolute Gasteiger partial charge is 0.328 e. The van der Waals surface area contributed by atoms with Crippen LogP contribution in [0.25, 0.3) is 0 Å². The molecule has 0 radical (unpaired) electrons. The van der Waals surface area contributed by atoms with Crippen molar-refractivity contribution >= 4 is 29.7 Å². The Balaban J connectivity index is 2.79. The molecule has 0 aromatic carbocycles. The maximum atomic E-state index is 12.5. The Labute approximate surface area is 176 Å². The van der Waals surface area contributed by atoms with Gasteiger partial charge >= 0.3 is 11.9 Å². The number of carboxylic acid groups (broad SMARTS) is 2. The summed E-state index contributed by atoms with van der Waals surface area (Å²) in [5.74, 6) is -4.97. The number of rotatable bonds is 13. The lowest BCUT2D eigenvalue weighted by Gasteiger charge is -2.23. The summed E-state index contributed by atoms with van der Waals surface area (Å²) < 4.78 is 0. The van der Waals surface area contributed by atoms with Crippen molar-refractivity contribution in [3.63, 3.8) is 0 Å². The Kier molecular flexibility index (Phi) is 10.1. The van der Waals surface area contributed by atoms with Crippen LogP contribution < -0.4 is 21.7 Å². The van der Waals surface area contributed by atoms with Crippen molar-refractivity contribution in [1.82, 2.24) is 25.9 Å². The zero-order valence-electron chi connectivity index (χ0n) is 16.7. The molecule has 0 aliphatic carbocycles. The van der Waals surface area contributed by atoms with Crippen LogP contribution >= 0.6 is 0 Å². The number of aliphatic carboxylic acids is 2. The molecular formula is C17H26N6O8. The molecule has 4 unspecified atom stereocenters. The highest BCUT2D eigenvalue weighted by Gasteiger charge is 2.29. The number of nitrogens with two attached hydrogens (primary N) is 1. The van der Waals surface area contributed by atoms with Gasteiger partial charge in [0.2, 0.25) is 17.7 Å². The largest absolute Gasteiger partial charge is 0.481 e. The van der Waals surface area contributed by atoms with Gasteiger partial charge in [0.25, 0.3) is 0 Å². The van der Waals surface area contributed by atoms with E-state index in [-0.39, 0.29) is 19.3 Å². The average molecular weight is 442 g/mol. The van der Waals surface area contributed by atoms with Gasteiger partial charge in [-0.3, -0.25) is 19.2 Å².